The van der Waals surface area contributed by atoms with E-state index < -0.39 is 6.03 Å². The molecule has 3 amide bonds. The summed E-state index contributed by atoms with van der Waals surface area (Å²) in [6.07, 6.45) is 3.27. The van der Waals surface area contributed by atoms with Crippen LogP contribution in [0.3, 0.4) is 0 Å². The van der Waals surface area contributed by atoms with Crippen molar-refractivity contribution in [3.05, 3.63) is 0 Å². The van der Waals surface area contributed by atoms with Crippen molar-refractivity contribution < 1.29 is 14.7 Å². The van der Waals surface area contributed by atoms with Crippen molar-refractivity contribution in [3.8, 4) is 0 Å². The molecule has 3 N–H and O–H groups in total. The topological polar surface area (TPSA) is 81.7 Å². The molecule has 0 aliphatic carbocycles. The van der Waals surface area contributed by atoms with Gasteiger partial charge < -0.3 is 10.4 Å². The lowest BCUT2D eigenvalue weighted by Gasteiger charge is -2.40. The number of fused-ring (bicyclic) bond motifs is 2. The normalized spacial score (nSPS) is 32.9. The molecule has 0 aromatic carbocycles. The molecule has 102 valence electrons. The number of carbonyl (C=O) groups excluding carboxylic acids is 2. The second kappa shape index (κ2) is 5.24. The SMILES string of the molecule is CNC(=O)NC(=O)C(C)N1C2CCC1CC(O)C2. The van der Waals surface area contributed by atoms with Gasteiger partial charge in [-0.05, 0) is 32.6 Å². The van der Waals surface area contributed by atoms with Gasteiger partial charge in [0, 0.05) is 19.1 Å². The highest BCUT2D eigenvalue weighted by molar-refractivity contribution is 5.96. The summed E-state index contributed by atoms with van der Waals surface area (Å²) in [5, 5.41) is 14.4. The number of nitrogens with one attached hydrogen (secondary N) is 2. The summed E-state index contributed by atoms with van der Waals surface area (Å²) in [6, 6.07) is -0.267. The fraction of sp³-hybridized carbons (Fsp3) is 0.833. The van der Waals surface area contributed by atoms with Crippen molar-refractivity contribution in [3.63, 3.8) is 0 Å². The molecule has 0 aromatic heterocycles. The van der Waals surface area contributed by atoms with Crippen molar-refractivity contribution in [2.24, 2.45) is 0 Å². The third-order valence-corrected chi connectivity index (χ3v) is 4.06. The van der Waals surface area contributed by atoms with Gasteiger partial charge in [-0.25, -0.2) is 4.79 Å². The molecule has 0 spiro atoms. The Morgan fingerprint density at radius 3 is 2.33 bits per heavy atom. The average Bonchev–Trinajstić information content (AvgIpc) is 2.60. The third kappa shape index (κ3) is 2.49. The number of aliphatic hydroxyl groups excluding tert-OH is 1. The Kier molecular flexibility index (Phi) is 3.87. The Bertz CT molecular complexity index is 333. The van der Waals surface area contributed by atoms with Gasteiger partial charge in [-0.1, -0.05) is 0 Å². The molecule has 6 nitrogen and oxygen atoms in total. The van der Waals surface area contributed by atoms with Gasteiger partial charge in [0.05, 0.1) is 12.1 Å². The van der Waals surface area contributed by atoms with Crippen LogP contribution in [-0.4, -0.2) is 53.2 Å². The lowest BCUT2D eigenvalue weighted by atomic mass is 9.98. The number of carbonyl (C=O) groups is 2. The van der Waals surface area contributed by atoms with Gasteiger partial charge in [-0.15, -0.1) is 0 Å². The molecule has 2 fully saturated rings. The van der Waals surface area contributed by atoms with Crippen LogP contribution in [-0.2, 0) is 4.79 Å². The highest BCUT2D eigenvalue weighted by Gasteiger charge is 2.44. The zero-order valence-corrected chi connectivity index (χ0v) is 10.8. The number of amides is 3. The minimum absolute atomic E-state index is 0.243. The van der Waals surface area contributed by atoms with Crippen LogP contribution >= 0.6 is 0 Å². The predicted octanol–water partition coefficient (Wildman–Crippen LogP) is -0.182. The number of piperidine rings is 1. The van der Waals surface area contributed by atoms with E-state index in [1.165, 1.54) is 7.05 Å². The fourth-order valence-corrected chi connectivity index (χ4v) is 3.23. The van der Waals surface area contributed by atoms with Crippen LogP contribution in [0.1, 0.15) is 32.6 Å². The first-order valence-corrected chi connectivity index (χ1v) is 6.51. The Morgan fingerprint density at radius 1 is 1.28 bits per heavy atom. The van der Waals surface area contributed by atoms with Crippen molar-refractivity contribution >= 4 is 11.9 Å². The van der Waals surface area contributed by atoms with Crippen LogP contribution in [0, 0.1) is 0 Å². The minimum Gasteiger partial charge on any atom is -0.393 e. The molecule has 6 heteroatoms. The first-order valence-electron chi connectivity index (χ1n) is 6.51. The molecule has 0 radical (unpaired) electrons. The van der Waals surface area contributed by atoms with Gasteiger partial charge >= 0.3 is 6.03 Å². The molecule has 2 rings (SSSR count). The summed E-state index contributed by atoms with van der Waals surface area (Å²) >= 11 is 0. The molecule has 2 heterocycles. The van der Waals surface area contributed by atoms with E-state index in [0.717, 1.165) is 25.7 Å². The lowest BCUT2D eigenvalue weighted by molar-refractivity contribution is -0.127. The predicted molar refractivity (Wildman–Crippen MR) is 66.0 cm³/mol. The summed E-state index contributed by atoms with van der Waals surface area (Å²) in [7, 11) is 1.48. The van der Waals surface area contributed by atoms with Gasteiger partial charge in [0.1, 0.15) is 0 Å². The molecular formula is C12H21N3O3. The molecule has 0 aromatic rings. The van der Waals surface area contributed by atoms with Gasteiger partial charge in [0.25, 0.3) is 0 Å². The van der Waals surface area contributed by atoms with Gasteiger partial charge in [-0.3, -0.25) is 15.0 Å². The molecule has 0 saturated carbocycles. The second-order valence-electron chi connectivity index (χ2n) is 5.20. The van der Waals surface area contributed by atoms with Crippen LogP contribution in [0.15, 0.2) is 0 Å². The van der Waals surface area contributed by atoms with Crippen molar-refractivity contribution in [2.45, 2.75) is 56.8 Å². The Labute approximate surface area is 107 Å². The summed E-state index contributed by atoms with van der Waals surface area (Å²) in [4.78, 5) is 25.2. The van der Waals surface area contributed by atoms with Crippen LogP contribution in [0.4, 0.5) is 4.79 Å². The number of hydrogen-bond donors (Lipinski definition) is 3. The fourth-order valence-electron chi connectivity index (χ4n) is 3.23. The van der Waals surface area contributed by atoms with Crippen molar-refractivity contribution in [1.29, 1.82) is 0 Å². The van der Waals surface area contributed by atoms with Crippen LogP contribution in [0.2, 0.25) is 0 Å². The summed E-state index contributed by atoms with van der Waals surface area (Å²) in [5.74, 6) is -0.275. The smallest absolute Gasteiger partial charge is 0.321 e. The van der Waals surface area contributed by atoms with E-state index in [4.69, 9.17) is 0 Å². The maximum absolute atomic E-state index is 11.9. The minimum atomic E-state index is -0.476. The molecule has 3 unspecified atom stereocenters. The van der Waals surface area contributed by atoms with Crippen molar-refractivity contribution in [2.75, 3.05) is 7.05 Å². The second-order valence-corrected chi connectivity index (χ2v) is 5.20. The molecule has 18 heavy (non-hydrogen) atoms. The van der Waals surface area contributed by atoms with Gasteiger partial charge in [0.15, 0.2) is 0 Å². The molecule has 2 bridgehead atoms. The Hall–Kier alpha value is -1.14. The third-order valence-electron chi connectivity index (χ3n) is 4.06. The molecule has 3 atom stereocenters. The van der Waals surface area contributed by atoms with E-state index in [1.54, 1.807) is 0 Å². The standard InChI is InChI=1S/C12H21N3O3/c1-7(11(17)14-12(18)13-2)15-8-3-4-9(15)6-10(16)5-8/h7-10,16H,3-6H2,1-2H3,(H2,13,14,17,18). The van der Waals surface area contributed by atoms with Gasteiger partial charge in [0.2, 0.25) is 5.91 Å². The largest absolute Gasteiger partial charge is 0.393 e. The first-order chi connectivity index (χ1) is 8.52. The maximum atomic E-state index is 11.9. The van der Waals surface area contributed by atoms with Crippen molar-refractivity contribution in [1.82, 2.24) is 15.5 Å². The highest BCUT2D eigenvalue weighted by Crippen LogP contribution is 2.37. The van der Waals surface area contributed by atoms with Crippen LogP contribution < -0.4 is 10.6 Å². The van der Waals surface area contributed by atoms with E-state index >= 15 is 0 Å². The zero-order valence-electron chi connectivity index (χ0n) is 10.8. The van der Waals surface area contributed by atoms with Gasteiger partial charge in [-0.2, -0.15) is 0 Å². The molecule has 2 saturated heterocycles. The number of rotatable bonds is 2. The van der Waals surface area contributed by atoms with Crippen LogP contribution in [0.5, 0.6) is 0 Å². The first kappa shape index (κ1) is 13.3. The van der Waals surface area contributed by atoms with E-state index in [1.807, 2.05) is 6.92 Å². The number of aliphatic hydroxyl groups is 1. The summed E-state index contributed by atoms with van der Waals surface area (Å²) in [6.45, 7) is 1.82. The number of urea groups is 1. The molecular weight excluding hydrogens is 234 g/mol. The average molecular weight is 255 g/mol. The number of imide groups is 1. The Balaban J connectivity index is 1.99. The van der Waals surface area contributed by atoms with E-state index in [2.05, 4.69) is 15.5 Å². The molecule has 2 aliphatic heterocycles. The zero-order chi connectivity index (χ0) is 13.3. The van der Waals surface area contributed by atoms with E-state index in [0.29, 0.717) is 0 Å². The van der Waals surface area contributed by atoms with E-state index in [9.17, 15) is 14.7 Å². The quantitative estimate of drug-likeness (QED) is 0.639. The van der Waals surface area contributed by atoms with E-state index in [-0.39, 0.29) is 30.1 Å². The maximum Gasteiger partial charge on any atom is 0.321 e. The number of nitrogens with zero attached hydrogens (tertiary/aromatic N) is 1. The summed E-state index contributed by atoms with van der Waals surface area (Å²) < 4.78 is 0. The monoisotopic (exact) mass is 255 g/mol. The number of hydrogen-bond acceptors (Lipinski definition) is 4. The Morgan fingerprint density at radius 2 is 1.83 bits per heavy atom. The molecule has 2 aliphatic rings. The highest BCUT2D eigenvalue weighted by atomic mass is 16.3. The lowest BCUT2D eigenvalue weighted by Crippen LogP contribution is -2.55. The van der Waals surface area contributed by atoms with Crippen LogP contribution in [0.25, 0.3) is 0 Å². The summed E-state index contributed by atoms with van der Waals surface area (Å²) in [5.41, 5.74) is 0.